The zero-order chi connectivity index (χ0) is 24.6. The fourth-order valence-corrected chi connectivity index (χ4v) is 6.45. The second kappa shape index (κ2) is 8.98. The van der Waals surface area contributed by atoms with E-state index in [0.717, 1.165) is 23.1 Å². The Kier molecular flexibility index (Phi) is 5.84. The van der Waals surface area contributed by atoms with Crippen molar-refractivity contribution in [2.75, 3.05) is 0 Å². The van der Waals surface area contributed by atoms with E-state index in [1.165, 1.54) is 20.2 Å². The fraction of sp³-hybridized carbons (Fsp3) is 0.100. The third kappa shape index (κ3) is 4.66. The van der Waals surface area contributed by atoms with Gasteiger partial charge >= 0.3 is 5.97 Å². The average molecular weight is 484 g/mol. The highest BCUT2D eigenvalue weighted by atomic mass is 32.2. The average Bonchev–Trinajstić information content (AvgIpc) is 3.17. The van der Waals surface area contributed by atoms with Crippen molar-refractivity contribution in [3.63, 3.8) is 0 Å². The van der Waals surface area contributed by atoms with Gasteiger partial charge in [0, 0.05) is 38.9 Å². The topological polar surface area (TPSA) is 26.3 Å². The molecule has 172 valence electrons. The molecule has 35 heavy (non-hydrogen) atoms. The van der Waals surface area contributed by atoms with Gasteiger partial charge in [-0.3, -0.25) is 0 Å². The Morgan fingerprint density at radius 1 is 0.800 bits per heavy atom. The van der Waals surface area contributed by atoms with Crippen molar-refractivity contribution in [1.82, 2.24) is 0 Å². The standard InChI is InChI=1S/C30H21F2O2S/c1-30(2,15-14-20-16-22(31)19-23(32)17-20)34-29(33)21-8-7-9-24(18-21)35-27-12-5-3-10-25(27)26-11-4-6-13-28(26)35/h3-13,16-19H,1-2H3/q+1. The maximum atomic E-state index is 13.4. The fourth-order valence-electron chi connectivity index (χ4n) is 4.02. The molecule has 2 nitrogen and oxygen atoms in total. The Hall–Kier alpha value is -4.01. The van der Waals surface area contributed by atoms with Crippen LogP contribution in [0.1, 0.15) is 29.8 Å². The number of rotatable bonds is 3. The van der Waals surface area contributed by atoms with Crippen LogP contribution in [-0.2, 0) is 4.74 Å². The van der Waals surface area contributed by atoms with E-state index >= 15 is 0 Å². The lowest BCUT2D eigenvalue weighted by Crippen LogP contribution is -2.26. The van der Waals surface area contributed by atoms with Crippen molar-refractivity contribution < 1.29 is 18.3 Å². The first-order chi connectivity index (χ1) is 16.8. The van der Waals surface area contributed by atoms with Crippen LogP contribution in [0.3, 0.4) is 0 Å². The zero-order valence-electron chi connectivity index (χ0n) is 19.1. The van der Waals surface area contributed by atoms with Crippen molar-refractivity contribution >= 4 is 36.6 Å². The van der Waals surface area contributed by atoms with E-state index in [4.69, 9.17) is 4.74 Å². The van der Waals surface area contributed by atoms with E-state index in [0.29, 0.717) is 5.56 Å². The third-order valence-corrected chi connectivity index (χ3v) is 7.84. The summed E-state index contributed by atoms with van der Waals surface area (Å²) >= 11 is 0. The Bertz CT molecular complexity index is 1580. The van der Waals surface area contributed by atoms with Gasteiger partial charge in [-0.15, -0.1) is 0 Å². The Labute approximate surface area is 204 Å². The van der Waals surface area contributed by atoms with Gasteiger partial charge in [0.05, 0.1) is 5.56 Å². The molecule has 0 unspecified atom stereocenters. The molecule has 1 heterocycles. The smallest absolute Gasteiger partial charge is 0.339 e. The molecule has 0 amide bonds. The van der Waals surface area contributed by atoms with Gasteiger partial charge in [-0.1, -0.05) is 42.2 Å². The monoisotopic (exact) mass is 483 g/mol. The predicted octanol–water partition coefficient (Wildman–Crippen LogP) is 8.00. The van der Waals surface area contributed by atoms with Crippen molar-refractivity contribution in [2.24, 2.45) is 0 Å². The van der Waals surface area contributed by atoms with Crippen LogP contribution in [0.2, 0.25) is 0 Å². The lowest BCUT2D eigenvalue weighted by molar-refractivity contribution is 0.0204. The van der Waals surface area contributed by atoms with Crippen LogP contribution in [0, 0.1) is 23.5 Å². The molecule has 0 bridgehead atoms. The van der Waals surface area contributed by atoms with Gasteiger partial charge < -0.3 is 4.74 Å². The second-order valence-corrected chi connectivity index (χ2v) is 10.6. The maximum Gasteiger partial charge on any atom is 0.339 e. The highest BCUT2D eigenvalue weighted by molar-refractivity contribution is 7.50. The summed E-state index contributed by atoms with van der Waals surface area (Å²) in [6.45, 7) is 3.28. The van der Waals surface area contributed by atoms with Crippen molar-refractivity contribution in [1.29, 1.82) is 0 Å². The number of fused-ring (bicyclic) bond motifs is 3. The third-order valence-electron chi connectivity index (χ3n) is 5.53. The minimum atomic E-state index is -1.16. The molecule has 0 saturated heterocycles. The molecule has 5 rings (SSSR count). The molecule has 5 aromatic rings. The number of hydrogen-bond donors (Lipinski definition) is 0. The number of carbonyl (C=O) groups is 1. The van der Waals surface area contributed by atoms with Gasteiger partial charge in [0.25, 0.3) is 0 Å². The minimum absolute atomic E-state index is 0.174. The Morgan fingerprint density at radius 3 is 2.03 bits per heavy atom. The summed E-state index contributed by atoms with van der Waals surface area (Å²) in [4.78, 5) is 14.1. The quantitative estimate of drug-likeness (QED) is 0.148. The molecule has 0 spiro atoms. The van der Waals surface area contributed by atoms with E-state index in [2.05, 4.69) is 36.1 Å². The zero-order valence-corrected chi connectivity index (χ0v) is 20.0. The molecule has 1 aromatic heterocycles. The van der Waals surface area contributed by atoms with Crippen LogP contribution < -0.4 is 0 Å². The molecule has 0 radical (unpaired) electrons. The van der Waals surface area contributed by atoms with Gasteiger partial charge in [0.15, 0.2) is 19.9 Å². The molecule has 4 aromatic carbocycles. The molecule has 0 atom stereocenters. The highest BCUT2D eigenvalue weighted by Gasteiger charge is 2.26. The highest BCUT2D eigenvalue weighted by Crippen LogP contribution is 2.48. The lowest BCUT2D eigenvalue weighted by atomic mass is 10.1. The van der Waals surface area contributed by atoms with E-state index in [1.807, 2.05) is 42.5 Å². The first-order valence-electron chi connectivity index (χ1n) is 11.1. The number of hydrogen-bond acceptors (Lipinski definition) is 2. The second-order valence-electron chi connectivity index (χ2n) is 8.63. The minimum Gasteiger partial charge on any atom is -0.443 e. The first-order valence-corrected chi connectivity index (χ1v) is 12.3. The van der Waals surface area contributed by atoms with Gasteiger partial charge in [0.2, 0.25) is 0 Å². The number of carbonyl (C=O) groups excluding carboxylic acids is 1. The summed E-state index contributed by atoms with van der Waals surface area (Å²) in [6.07, 6.45) is 0. The molecule has 5 heteroatoms. The summed E-state index contributed by atoms with van der Waals surface area (Å²) in [5.74, 6) is 3.56. The molecule has 0 aliphatic rings. The Morgan fingerprint density at radius 2 is 1.40 bits per heavy atom. The summed E-state index contributed by atoms with van der Waals surface area (Å²) in [5.41, 5.74) is -0.568. The summed E-state index contributed by atoms with van der Waals surface area (Å²) in [6, 6.07) is 27.2. The van der Waals surface area contributed by atoms with Crippen LogP contribution in [-0.4, -0.2) is 11.6 Å². The van der Waals surface area contributed by atoms with Crippen LogP contribution in [0.15, 0.2) is 91.0 Å². The molecule has 0 fully saturated rings. The van der Waals surface area contributed by atoms with E-state index in [1.54, 1.807) is 19.9 Å². The summed E-state index contributed by atoms with van der Waals surface area (Å²) in [5, 5.41) is 2.43. The van der Waals surface area contributed by atoms with Gasteiger partial charge in [-0.2, -0.15) is 0 Å². The number of halogens is 2. The van der Waals surface area contributed by atoms with E-state index < -0.39 is 23.2 Å². The predicted molar refractivity (Wildman–Crippen MR) is 138 cm³/mol. The first kappa shape index (κ1) is 22.8. The van der Waals surface area contributed by atoms with Crippen LogP contribution in [0.4, 0.5) is 8.78 Å². The van der Waals surface area contributed by atoms with Gasteiger partial charge in [0.1, 0.15) is 11.6 Å². The molecule has 0 saturated carbocycles. The van der Waals surface area contributed by atoms with Crippen LogP contribution in [0.25, 0.3) is 25.1 Å². The molecule has 0 aliphatic carbocycles. The Balaban J connectivity index is 1.47. The largest absolute Gasteiger partial charge is 0.443 e. The lowest BCUT2D eigenvalue weighted by Gasteiger charge is -2.18. The van der Waals surface area contributed by atoms with Crippen molar-refractivity contribution in [3.05, 3.63) is 114 Å². The number of thiophene rings is 1. The molecule has 0 aliphatic heterocycles. The molecular formula is C30H21F2O2S+. The normalized spacial score (nSPS) is 11.3. The van der Waals surface area contributed by atoms with Gasteiger partial charge in [-0.05, 0) is 62.4 Å². The van der Waals surface area contributed by atoms with Crippen LogP contribution in [0.5, 0.6) is 0 Å². The molecular weight excluding hydrogens is 462 g/mol. The van der Waals surface area contributed by atoms with Crippen LogP contribution >= 0.6 is 10.5 Å². The number of benzene rings is 4. The maximum absolute atomic E-state index is 13.4. The number of ether oxygens (including phenoxy) is 1. The van der Waals surface area contributed by atoms with Gasteiger partial charge in [-0.25, -0.2) is 13.6 Å². The van der Waals surface area contributed by atoms with Crippen molar-refractivity contribution in [2.45, 2.75) is 19.4 Å². The van der Waals surface area contributed by atoms with Crippen molar-refractivity contribution in [3.8, 4) is 16.7 Å². The molecule has 0 N–H and O–H groups in total. The SMILES string of the molecule is CC(C)(C#Cc1cc(F)cc(F)c1)OC(=O)c1cccc(-[s+]2c3ccccc3c3ccccc32)c1. The van der Waals surface area contributed by atoms with E-state index in [-0.39, 0.29) is 16.0 Å². The summed E-state index contributed by atoms with van der Waals surface area (Å²) < 4.78 is 35.0. The number of esters is 1. The summed E-state index contributed by atoms with van der Waals surface area (Å²) in [7, 11) is -0.330. The van der Waals surface area contributed by atoms with E-state index in [9.17, 15) is 13.6 Å².